The second kappa shape index (κ2) is 12.3. The van der Waals surface area contributed by atoms with Crippen molar-refractivity contribution in [3.63, 3.8) is 0 Å². The van der Waals surface area contributed by atoms with Gasteiger partial charge in [0.1, 0.15) is 0 Å². The highest BCUT2D eigenvalue weighted by atomic mass is 16.5. The van der Waals surface area contributed by atoms with Crippen LogP contribution in [0.25, 0.3) is 0 Å². The first-order valence-corrected chi connectivity index (χ1v) is 8.81. The maximum Gasteiger partial charge on any atom is 0.339 e. The van der Waals surface area contributed by atoms with E-state index in [9.17, 15) is 9.59 Å². The van der Waals surface area contributed by atoms with Crippen molar-refractivity contribution in [3.05, 3.63) is 47.5 Å². The highest BCUT2D eigenvalue weighted by Gasteiger charge is 2.16. The number of rotatable bonds is 12. The molecule has 0 atom stereocenters. The Morgan fingerprint density at radius 3 is 2.25 bits per heavy atom. The van der Waals surface area contributed by atoms with Crippen LogP contribution in [-0.2, 0) is 4.74 Å². The maximum atomic E-state index is 11.9. The zero-order valence-electron chi connectivity index (χ0n) is 14.5. The molecule has 0 bridgehead atoms. The van der Waals surface area contributed by atoms with E-state index in [1.165, 1.54) is 31.4 Å². The summed E-state index contributed by atoms with van der Waals surface area (Å²) in [6.07, 6.45) is 13.4. The Labute approximate surface area is 144 Å². The van der Waals surface area contributed by atoms with Crippen molar-refractivity contribution in [1.29, 1.82) is 0 Å². The predicted molar refractivity (Wildman–Crippen MR) is 95.4 cm³/mol. The molecular weight excluding hydrogens is 304 g/mol. The lowest BCUT2D eigenvalue weighted by molar-refractivity contribution is 0.0487. The molecule has 0 aliphatic carbocycles. The Bertz CT molecular complexity index is 534. The molecule has 0 saturated carbocycles. The van der Waals surface area contributed by atoms with Crippen LogP contribution in [0.15, 0.2) is 36.4 Å². The van der Waals surface area contributed by atoms with Gasteiger partial charge in [0.2, 0.25) is 0 Å². The third-order valence-corrected chi connectivity index (χ3v) is 3.77. The third-order valence-electron chi connectivity index (χ3n) is 3.77. The van der Waals surface area contributed by atoms with E-state index in [0.717, 1.165) is 32.1 Å². The average molecular weight is 332 g/mol. The summed E-state index contributed by atoms with van der Waals surface area (Å²) in [5.74, 6) is -1.68. The fourth-order valence-electron chi connectivity index (χ4n) is 2.37. The molecule has 0 fully saturated rings. The van der Waals surface area contributed by atoms with Crippen molar-refractivity contribution in [2.45, 2.75) is 58.3 Å². The van der Waals surface area contributed by atoms with Crippen LogP contribution in [0.2, 0.25) is 0 Å². The monoisotopic (exact) mass is 332 g/mol. The number of carboxylic acids is 1. The number of hydrogen-bond acceptors (Lipinski definition) is 3. The number of ether oxygens (including phenoxy) is 1. The quantitative estimate of drug-likeness (QED) is 0.323. The van der Waals surface area contributed by atoms with E-state index in [1.807, 2.05) is 0 Å². The van der Waals surface area contributed by atoms with Gasteiger partial charge in [0.05, 0.1) is 17.7 Å². The lowest BCUT2D eigenvalue weighted by Gasteiger charge is -2.07. The molecule has 0 amide bonds. The number of esters is 1. The molecule has 0 spiro atoms. The normalized spacial score (nSPS) is 10.9. The van der Waals surface area contributed by atoms with E-state index in [2.05, 4.69) is 19.1 Å². The molecule has 132 valence electrons. The van der Waals surface area contributed by atoms with Crippen molar-refractivity contribution in [1.82, 2.24) is 0 Å². The lowest BCUT2D eigenvalue weighted by atomic mass is 10.1. The van der Waals surface area contributed by atoms with Gasteiger partial charge in [-0.05, 0) is 37.8 Å². The summed E-state index contributed by atoms with van der Waals surface area (Å²) in [5.41, 5.74) is 0.0968. The molecular formula is C20H28O4. The Hall–Kier alpha value is -2.10. The minimum Gasteiger partial charge on any atom is -0.478 e. The molecule has 0 aliphatic heterocycles. The standard InChI is InChI=1S/C20H28O4/c1-2-3-4-5-6-7-8-9-10-13-16-24-20(23)18-15-12-11-14-17(18)19(21)22/h5-6,11-12,14-15H,2-4,7-10,13,16H2,1H3,(H,21,22)/b6-5+. The minimum absolute atomic E-state index is 0.0163. The number of allylic oxidation sites excluding steroid dienone is 2. The Kier molecular flexibility index (Phi) is 10.3. The molecule has 24 heavy (non-hydrogen) atoms. The fourth-order valence-corrected chi connectivity index (χ4v) is 2.37. The second-order valence-corrected chi connectivity index (χ2v) is 5.80. The number of aromatic carboxylic acids is 1. The lowest BCUT2D eigenvalue weighted by Crippen LogP contribution is -2.12. The van der Waals surface area contributed by atoms with Crippen LogP contribution in [-0.4, -0.2) is 23.7 Å². The number of unbranched alkanes of at least 4 members (excludes halogenated alkanes) is 6. The van der Waals surface area contributed by atoms with Gasteiger partial charge < -0.3 is 9.84 Å². The molecule has 1 rings (SSSR count). The number of carbonyl (C=O) groups is 2. The van der Waals surface area contributed by atoms with Gasteiger partial charge in [-0.1, -0.05) is 56.9 Å². The summed E-state index contributed by atoms with van der Waals surface area (Å²) in [6.45, 7) is 2.53. The van der Waals surface area contributed by atoms with E-state index in [4.69, 9.17) is 9.84 Å². The van der Waals surface area contributed by atoms with Crippen LogP contribution >= 0.6 is 0 Å². The average Bonchev–Trinajstić information content (AvgIpc) is 2.59. The van der Waals surface area contributed by atoms with Crippen LogP contribution in [0.4, 0.5) is 0 Å². The highest BCUT2D eigenvalue weighted by molar-refractivity contribution is 6.02. The minimum atomic E-state index is -1.12. The van der Waals surface area contributed by atoms with E-state index in [0.29, 0.717) is 6.61 Å². The zero-order chi connectivity index (χ0) is 17.6. The van der Waals surface area contributed by atoms with Gasteiger partial charge in [0.25, 0.3) is 0 Å². The summed E-state index contributed by atoms with van der Waals surface area (Å²) in [5, 5.41) is 9.06. The van der Waals surface area contributed by atoms with Crippen LogP contribution in [0.1, 0.15) is 79.0 Å². The molecule has 0 unspecified atom stereocenters. The molecule has 1 N–H and O–H groups in total. The summed E-state index contributed by atoms with van der Waals surface area (Å²) < 4.78 is 5.17. The van der Waals surface area contributed by atoms with Gasteiger partial charge in [-0.3, -0.25) is 0 Å². The number of carboxylic acid groups (broad SMARTS) is 1. The SMILES string of the molecule is CCCC/C=C/CCCCCCOC(=O)c1ccccc1C(=O)O. The fraction of sp³-hybridized carbons (Fsp3) is 0.500. The molecule has 0 heterocycles. The van der Waals surface area contributed by atoms with Gasteiger partial charge in [-0.25, -0.2) is 9.59 Å². The first-order chi connectivity index (χ1) is 11.7. The van der Waals surface area contributed by atoms with E-state index in [-0.39, 0.29) is 11.1 Å². The summed E-state index contributed by atoms with van der Waals surface area (Å²) in [6, 6.07) is 6.12. The summed E-state index contributed by atoms with van der Waals surface area (Å²) >= 11 is 0. The van der Waals surface area contributed by atoms with Crippen LogP contribution in [0.5, 0.6) is 0 Å². The molecule has 4 nitrogen and oxygen atoms in total. The maximum absolute atomic E-state index is 11.9. The zero-order valence-corrected chi connectivity index (χ0v) is 14.5. The molecule has 1 aromatic rings. The van der Waals surface area contributed by atoms with E-state index >= 15 is 0 Å². The first kappa shape index (κ1) is 19.9. The second-order valence-electron chi connectivity index (χ2n) is 5.80. The Balaban J connectivity index is 2.14. The molecule has 1 aromatic carbocycles. The van der Waals surface area contributed by atoms with Crippen molar-refractivity contribution in [2.24, 2.45) is 0 Å². The van der Waals surface area contributed by atoms with E-state index < -0.39 is 11.9 Å². The number of benzene rings is 1. The number of carbonyl (C=O) groups excluding carboxylic acids is 1. The van der Waals surface area contributed by atoms with Crippen molar-refractivity contribution in [2.75, 3.05) is 6.61 Å². The molecule has 0 saturated heterocycles. The Morgan fingerprint density at radius 1 is 0.958 bits per heavy atom. The van der Waals surface area contributed by atoms with Crippen molar-refractivity contribution < 1.29 is 19.4 Å². The molecule has 0 radical (unpaired) electrons. The molecule has 4 heteroatoms. The Morgan fingerprint density at radius 2 is 1.58 bits per heavy atom. The van der Waals surface area contributed by atoms with Crippen molar-refractivity contribution in [3.8, 4) is 0 Å². The smallest absolute Gasteiger partial charge is 0.339 e. The molecule has 0 aliphatic rings. The van der Waals surface area contributed by atoms with Crippen LogP contribution in [0, 0.1) is 0 Å². The largest absolute Gasteiger partial charge is 0.478 e. The van der Waals surface area contributed by atoms with Crippen LogP contribution < -0.4 is 0 Å². The van der Waals surface area contributed by atoms with Crippen molar-refractivity contribution >= 4 is 11.9 Å². The summed E-state index contributed by atoms with van der Waals surface area (Å²) in [4.78, 5) is 23.0. The highest BCUT2D eigenvalue weighted by Crippen LogP contribution is 2.11. The van der Waals surface area contributed by atoms with Gasteiger partial charge in [0.15, 0.2) is 0 Å². The predicted octanol–water partition coefficient (Wildman–Crippen LogP) is 5.24. The third kappa shape index (κ3) is 7.95. The van der Waals surface area contributed by atoms with Gasteiger partial charge in [-0.15, -0.1) is 0 Å². The van der Waals surface area contributed by atoms with E-state index in [1.54, 1.807) is 12.1 Å². The van der Waals surface area contributed by atoms with Gasteiger partial charge in [-0.2, -0.15) is 0 Å². The van der Waals surface area contributed by atoms with Gasteiger partial charge in [0, 0.05) is 0 Å². The molecule has 0 aromatic heterocycles. The first-order valence-electron chi connectivity index (χ1n) is 8.81. The van der Waals surface area contributed by atoms with Gasteiger partial charge >= 0.3 is 11.9 Å². The number of hydrogen-bond donors (Lipinski definition) is 1. The summed E-state index contributed by atoms with van der Waals surface area (Å²) in [7, 11) is 0. The van der Waals surface area contributed by atoms with Crippen LogP contribution in [0.3, 0.4) is 0 Å². The topological polar surface area (TPSA) is 63.6 Å².